The number of aliphatic hydroxyl groups excluding tert-OH is 1. The van der Waals surface area contributed by atoms with E-state index in [1.54, 1.807) is 12.1 Å². The molecule has 0 fully saturated rings. The molecule has 0 aliphatic carbocycles. The number of methoxy groups -OCH3 is 1. The van der Waals surface area contributed by atoms with Gasteiger partial charge < -0.3 is 20.5 Å². The Labute approximate surface area is 111 Å². The van der Waals surface area contributed by atoms with E-state index < -0.39 is 12.1 Å². The third-order valence-electron chi connectivity index (χ3n) is 2.23. The van der Waals surface area contributed by atoms with Gasteiger partial charge in [0.05, 0.1) is 23.4 Å². The Morgan fingerprint density at radius 2 is 2.28 bits per heavy atom. The quantitative estimate of drug-likeness (QED) is 0.765. The minimum Gasteiger partial charge on any atom is -0.389 e. The molecule has 1 rings (SSSR count). The Balaban J connectivity index is 2.47. The van der Waals surface area contributed by atoms with Crippen molar-refractivity contribution in [2.45, 2.75) is 13.0 Å². The van der Waals surface area contributed by atoms with Crippen LogP contribution in [0.5, 0.6) is 0 Å². The van der Waals surface area contributed by atoms with Crippen molar-refractivity contribution in [3.63, 3.8) is 0 Å². The topological polar surface area (TPSA) is 70.6 Å². The van der Waals surface area contributed by atoms with Crippen molar-refractivity contribution < 1.29 is 14.6 Å². The number of hydrogen-bond acceptors (Lipinski definition) is 3. The minimum absolute atomic E-state index is 0.114. The summed E-state index contributed by atoms with van der Waals surface area (Å²) in [4.78, 5) is 11.6. The summed E-state index contributed by atoms with van der Waals surface area (Å²) >= 11 is 5.94. The first-order valence-corrected chi connectivity index (χ1v) is 5.88. The molecule has 1 aromatic carbocycles. The lowest BCUT2D eigenvalue weighted by Gasteiger charge is -2.12. The third kappa shape index (κ3) is 4.91. The monoisotopic (exact) mass is 272 g/mol. The number of halogens is 1. The summed E-state index contributed by atoms with van der Waals surface area (Å²) in [6, 6.07) is 4.92. The maximum atomic E-state index is 11.6. The number of benzene rings is 1. The number of aryl methyl sites for hydroxylation is 1. The first kappa shape index (κ1) is 14.8. The zero-order valence-electron chi connectivity index (χ0n) is 10.4. The Hall–Kier alpha value is -1.30. The molecule has 18 heavy (non-hydrogen) atoms. The van der Waals surface area contributed by atoms with Gasteiger partial charge in [0.1, 0.15) is 0 Å². The number of hydrogen-bond donors (Lipinski definition) is 3. The maximum Gasteiger partial charge on any atom is 0.319 e. The van der Waals surface area contributed by atoms with Crippen LogP contribution >= 0.6 is 11.6 Å². The van der Waals surface area contributed by atoms with Gasteiger partial charge >= 0.3 is 6.03 Å². The molecule has 2 amide bonds. The SMILES string of the molecule is COCC(O)CNC(=O)Nc1cc(C)ccc1Cl. The highest BCUT2D eigenvalue weighted by Gasteiger charge is 2.08. The van der Waals surface area contributed by atoms with Crippen LogP contribution < -0.4 is 10.6 Å². The van der Waals surface area contributed by atoms with E-state index in [4.69, 9.17) is 16.3 Å². The van der Waals surface area contributed by atoms with Gasteiger partial charge in [-0.15, -0.1) is 0 Å². The van der Waals surface area contributed by atoms with Crippen molar-refractivity contribution in [2.24, 2.45) is 0 Å². The molecule has 100 valence electrons. The van der Waals surface area contributed by atoms with Crippen LogP contribution in [0, 0.1) is 6.92 Å². The third-order valence-corrected chi connectivity index (χ3v) is 2.56. The first-order chi connectivity index (χ1) is 8.52. The zero-order chi connectivity index (χ0) is 13.5. The summed E-state index contributed by atoms with van der Waals surface area (Å²) in [7, 11) is 1.48. The van der Waals surface area contributed by atoms with Gasteiger partial charge in [-0.05, 0) is 24.6 Å². The van der Waals surface area contributed by atoms with Crippen LogP contribution in [0.1, 0.15) is 5.56 Å². The molecule has 0 aliphatic rings. The minimum atomic E-state index is -0.728. The largest absolute Gasteiger partial charge is 0.389 e. The fraction of sp³-hybridized carbons (Fsp3) is 0.417. The molecular formula is C12H17ClN2O3. The number of ether oxygens (including phenoxy) is 1. The summed E-state index contributed by atoms with van der Waals surface area (Å²) in [5.41, 5.74) is 1.53. The van der Waals surface area contributed by atoms with E-state index in [9.17, 15) is 9.90 Å². The molecule has 0 aliphatic heterocycles. The molecule has 1 unspecified atom stereocenters. The Kier molecular flexibility index (Phi) is 5.91. The molecule has 0 saturated carbocycles. The van der Waals surface area contributed by atoms with E-state index in [2.05, 4.69) is 10.6 Å². The summed E-state index contributed by atoms with van der Waals surface area (Å²) < 4.78 is 4.75. The van der Waals surface area contributed by atoms with Crippen molar-refractivity contribution in [1.29, 1.82) is 0 Å². The van der Waals surface area contributed by atoms with E-state index in [1.165, 1.54) is 7.11 Å². The average molecular weight is 273 g/mol. The van der Waals surface area contributed by atoms with Crippen molar-refractivity contribution in [2.75, 3.05) is 25.6 Å². The predicted molar refractivity (Wildman–Crippen MR) is 71.1 cm³/mol. The second kappa shape index (κ2) is 7.20. The van der Waals surface area contributed by atoms with Gasteiger partial charge in [-0.3, -0.25) is 0 Å². The number of carbonyl (C=O) groups is 1. The number of amides is 2. The smallest absolute Gasteiger partial charge is 0.319 e. The molecule has 0 saturated heterocycles. The van der Waals surface area contributed by atoms with Crippen LogP contribution in [-0.2, 0) is 4.74 Å². The van der Waals surface area contributed by atoms with Crippen LogP contribution in [0.2, 0.25) is 5.02 Å². The second-order valence-electron chi connectivity index (χ2n) is 3.93. The van der Waals surface area contributed by atoms with E-state index in [0.29, 0.717) is 10.7 Å². The van der Waals surface area contributed by atoms with E-state index >= 15 is 0 Å². The zero-order valence-corrected chi connectivity index (χ0v) is 11.1. The van der Waals surface area contributed by atoms with E-state index in [1.807, 2.05) is 13.0 Å². The van der Waals surface area contributed by atoms with Gasteiger partial charge in [-0.2, -0.15) is 0 Å². The lowest BCUT2D eigenvalue weighted by atomic mass is 10.2. The molecular weight excluding hydrogens is 256 g/mol. The van der Waals surface area contributed by atoms with Gasteiger partial charge in [0.2, 0.25) is 0 Å². The fourth-order valence-corrected chi connectivity index (χ4v) is 1.53. The van der Waals surface area contributed by atoms with Gasteiger partial charge in [-0.1, -0.05) is 17.7 Å². The highest BCUT2D eigenvalue weighted by Crippen LogP contribution is 2.22. The number of nitrogens with one attached hydrogen (secondary N) is 2. The van der Waals surface area contributed by atoms with Crippen molar-refractivity contribution >= 4 is 23.3 Å². The summed E-state index contributed by atoms with van der Waals surface area (Å²) in [5, 5.41) is 15.0. The van der Waals surface area contributed by atoms with Crippen LogP contribution in [0.3, 0.4) is 0 Å². The molecule has 0 bridgehead atoms. The molecule has 0 heterocycles. The van der Waals surface area contributed by atoms with Crippen molar-refractivity contribution in [1.82, 2.24) is 5.32 Å². The Morgan fingerprint density at radius 1 is 1.56 bits per heavy atom. The number of aliphatic hydroxyl groups is 1. The molecule has 1 atom stereocenters. The molecule has 0 radical (unpaired) electrons. The second-order valence-corrected chi connectivity index (χ2v) is 4.33. The Bertz CT molecular complexity index is 412. The molecule has 5 nitrogen and oxygen atoms in total. The van der Waals surface area contributed by atoms with Crippen LogP contribution in [0.15, 0.2) is 18.2 Å². The van der Waals surface area contributed by atoms with Gasteiger partial charge in [0, 0.05) is 13.7 Å². The number of carbonyl (C=O) groups excluding carboxylic acids is 1. The molecule has 6 heteroatoms. The fourth-order valence-electron chi connectivity index (χ4n) is 1.36. The standard InChI is InChI=1S/C12H17ClN2O3/c1-8-3-4-10(13)11(5-8)15-12(17)14-6-9(16)7-18-2/h3-5,9,16H,6-7H2,1-2H3,(H2,14,15,17). The molecule has 3 N–H and O–H groups in total. The van der Waals surface area contributed by atoms with Crippen LogP contribution in [0.4, 0.5) is 10.5 Å². The molecule has 1 aromatic rings. The summed E-state index contributed by atoms with van der Waals surface area (Å²) in [6.45, 7) is 2.19. The van der Waals surface area contributed by atoms with Gasteiger partial charge in [0.15, 0.2) is 0 Å². The highest BCUT2D eigenvalue weighted by atomic mass is 35.5. The summed E-state index contributed by atoms with van der Waals surface area (Å²) in [6.07, 6.45) is -0.728. The lowest BCUT2D eigenvalue weighted by molar-refractivity contribution is 0.0663. The van der Waals surface area contributed by atoms with Crippen LogP contribution in [0.25, 0.3) is 0 Å². The first-order valence-electron chi connectivity index (χ1n) is 5.51. The number of urea groups is 1. The average Bonchev–Trinajstić information content (AvgIpc) is 2.32. The van der Waals surface area contributed by atoms with Crippen LogP contribution in [-0.4, -0.2) is 37.5 Å². The maximum absolute atomic E-state index is 11.6. The number of rotatable bonds is 5. The van der Waals surface area contributed by atoms with Gasteiger partial charge in [-0.25, -0.2) is 4.79 Å². The normalized spacial score (nSPS) is 12.0. The summed E-state index contributed by atoms with van der Waals surface area (Å²) in [5.74, 6) is 0. The van der Waals surface area contributed by atoms with Gasteiger partial charge in [0.25, 0.3) is 0 Å². The highest BCUT2D eigenvalue weighted by molar-refractivity contribution is 6.33. The Morgan fingerprint density at radius 3 is 2.94 bits per heavy atom. The van der Waals surface area contributed by atoms with Crippen molar-refractivity contribution in [3.8, 4) is 0 Å². The van der Waals surface area contributed by atoms with E-state index in [-0.39, 0.29) is 13.2 Å². The van der Waals surface area contributed by atoms with E-state index in [0.717, 1.165) is 5.56 Å². The number of anilines is 1. The molecule has 0 spiro atoms. The lowest BCUT2D eigenvalue weighted by Crippen LogP contribution is -2.37. The molecule has 0 aromatic heterocycles. The van der Waals surface area contributed by atoms with Crippen molar-refractivity contribution in [3.05, 3.63) is 28.8 Å². The predicted octanol–water partition coefficient (Wildman–Crippen LogP) is 1.78.